The molecule has 0 spiro atoms. The Balaban J connectivity index is 1.79. The highest BCUT2D eigenvalue weighted by atomic mass is 19.4. The summed E-state index contributed by atoms with van der Waals surface area (Å²) in [6.07, 6.45) is 0.796. The summed E-state index contributed by atoms with van der Waals surface area (Å²) in [7, 11) is 0. The Labute approximate surface area is 131 Å². The minimum atomic E-state index is -4.40. The average Bonchev–Trinajstić information content (AvgIpc) is 3.37. The number of aromatic nitrogens is 1. The third-order valence-corrected chi connectivity index (χ3v) is 3.78. The number of benzene rings is 1. The van der Waals surface area contributed by atoms with Gasteiger partial charge in [0.1, 0.15) is 0 Å². The standard InChI is InChI=1S/C17H15F3N2O/c18-17(19,20)14-5-3-13(4-6-14)16(23)22(15-7-8-15)11-12-2-1-9-21-10-12/h1-6,9-10,15H,7-8,11H2. The molecule has 3 rings (SSSR count). The monoisotopic (exact) mass is 320 g/mol. The SMILES string of the molecule is O=C(c1ccc(C(F)(F)F)cc1)N(Cc1cccnc1)C1CC1. The van der Waals surface area contributed by atoms with Gasteiger partial charge in [-0.2, -0.15) is 13.2 Å². The molecule has 1 saturated carbocycles. The number of hydrogen-bond acceptors (Lipinski definition) is 2. The molecular formula is C17H15F3N2O. The predicted molar refractivity (Wildman–Crippen MR) is 78.6 cm³/mol. The molecular weight excluding hydrogens is 305 g/mol. The fourth-order valence-corrected chi connectivity index (χ4v) is 2.41. The largest absolute Gasteiger partial charge is 0.416 e. The fraction of sp³-hybridized carbons (Fsp3) is 0.294. The summed E-state index contributed by atoms with van der Waals surface area (Å²) in [6, 6.07) is 8.20. The molecule has 1 aromatic carbocycles. The second-order valence-corrected chi connectivity index (χ2v) is 5.60. The third-order valence-electron chi connectivity index (χ3n) is 3.78. The summed E-state index contributed by atoms with van der Waals surface area (Å²) in [6.45, 7) is 0.415. The van der Waals surface area contributed by atoms with E-state index in [4.69, 9.17) is 0 Å². The molecule has 1 aliphatic rings. The Morgan fingerprint density at radius 1 is 1.17 bits per heavy atom. The molecule has 1 fully saturated rings. The molecule has 0 unspecified atom stereocenters. The van der Waals surface area contributed by atoms with E-state index in [0.29, 0.717) is 6.54 Å². The molecule has 1 aromatic heterocycles. The average molecular weight is 320 g/mol. The Morgan fingerprint density at radius 3 is 2.39 bits per heavy atom. The number of nitrogens with zero attached hydrogens (tertiary/aromatic N) is 2. The van der Waals surface area contributed by atoms with E-state index in [-0.39, 0.29) is 17.5 Å². The van der Waals surface area contributed by atoms with Crippen LogP contribution in [0.15, 0.2) is 48.8 Å². The lowest BCUT2D eigenvalue weighted by Crippen LogP contribution is -2.32. The van der Waals surface area contributed by atoms with E-state index >= 15 is 0 Å². The summed E-state index contributed by atoms with van der Waals surface area (Å²) in [5.74, 6) is -0.245. The number of rotatable bonds is 4. The molecule has 0 bridgehead atoms. The van der Waals surface area contributed by atoms with Crippen LogP contribution in [0.4, 0.5) is 13.2 Å². The van der Waals surface area contributed by atoms with E-state index < -0.39 is 11.7 Å². The van der Waals surface area contributed by atoms with Gasteiger partial charge in [0.05, 0.1) is 5.56 Å². The van der Waals surface area contributed by atoms with Crippen LogP contribution in [0, 0.1) is 0 Å². The normalized spacial score (nSPS) is 14.6. The van der Waals surface area contributed by atoms with Crippen LogP contribution in [0.2, 0.25) is 0 Å². The molecule has 0 N–H and O–H groups in total. The first-order valence-corrected chi connectivity index (χ1v) is 7.32. The number of alkyl halides is 3. The number of carbonyl (C=O) groups is 1. The molecule has 1 amide bonds. The molecule has 23 heavy (non-hydrogen) atoms. The molecule has 6 heteroatoms. The minimum absolute atomic E-state index is 0.157. The fourth-order valence-electron chi connectivity index (χ4n) is 2.41. The van der Waals surface area contributed by atoms with Gasteiger partial charge in [-0.3, -0.25) is 9.78 Å². The van der Waals surface area contributed by atoms with Crippen molar-refractivity contribution < 1.29 is 18.0 Å². The maximum Gasteiger partial charge on any atom is 0.416 e. The highest BCUT2D eigenvalue weighted by Crippen LogP contribution is 2.31. The maximum atomic E-state index is 12.6. The van der Waals surface area contributed by atoms with Crippen molar-refractivity contribution in [3.05, 3.63) is 65.5 Å². The number of amides is 1. The quantitative estimate of drug-likeness (QED) is 0.856. The zero-order valence-electron chi connectivity index (χ0n) is 12.3. The van der Waals surface area contributed by atoms with Gasteiger partial charge < -0.3 is 4.90 Å². The van der Waals surface area contributed by atoms with Crippen molar-refractivity contribution in [2.45, 2.75) is 31.6 Å². The Morgan fingerprint density at radius 2 is 1.87 bits per heavy atom. The van der Waals surface area contributed by atoms with Crippen molar-refractivity contribution in [2.24, 2.45) is 0 Å². The first-order valence-electron chi connectivity index (χ1n) is 7.32. The lowest BCUT2D eigenvalue weighted by Gasteiger charge is -2.22. The summed E-state index contributed by atoms with van der Waals surface area (Å²) in [4.78, 5) is 18.3. The Bertz CT molecular complexity index is 679. The van der Waals surface area contributed by atoms with E-state index in [1.54, 1.807) is 23.4 Å². The van der Waals surface area contributed by atoms with Crippen molar-refractivity contribution in [3.63, 3.8) is 0 Å². The smallest absolute Gasteiger partial charge is 0.331 e. The van der Waals surface area contributed by atoms with E-state index in [2.05, 4.69) is 4.98 Å². The van der Waals surface area contributed by atoms with Gasteiger partial charge in [0, 0.05) is 30.5 Å². The molecule has 0 radical (unpaired) electrons. The second kappa shape index (κ2) is 6.02. The predicted octanol–water partition coefficient (Wildman–Crippen LogP) is 3.91. The van der Waals surface area contributed by atoms with Gasteiger partial charge in [-0.15, -0.1) is 0 Å². The van der Waals surface area contributed by atoms with Gasteiger partial charge in [0.15, 0.2) is 0 Å². The lowest BCUT2D eigenvalue weighted by atomic mass is 10.1. The van der Waals surface area contributed by atoms with Crippen molar-refractivity contribution in [2.75, 3.05) is 0 Å². The molecule has 0 aliphatic heterocycles. The van der Waals surface area contributed by atoms with Crippen LogP contribution in [-0.4, -0.2) is 21.8 Å². The van der Waals surface area contributed by atoms with Crippen LogP contribution in [0.5, 0.6) is 0 Å². The molecule has 1 heterocycles. The van der Waals surface area contributed by atoms with Crippen molar-refractivity contribution in [3.8, 4) is 0 Å². The summed E-state index contributed by atoms with van der Waals surface area (Å²) in [5, 5.41) is 0. The van der Waals surface area contributed by atoms with E-state index in [1.165, 1.54) is 12.1 Å². The van der Waals surface area contributed by atoms with E-state index in [0.717, 1.165) is 30.5 Å². The van der Waals surface area contributed by atoms with Crippen LogP contribution in [0.1, 0.15) is 34.3 Å². The van der Waals surface area contributed by atoms with Crippen LogP contribution in [0.3, 0.4) is 0 Å². The lowest BCUT2D eigenvalue weighted by molar-refractivity contribution is -0.137. The number of carbonyl (C=O) groups excluding carboxylic acids is 1. The molecule has 0 atom stereocenters. The summed E-state index contributed by atoms with van der Waals surface area (Å²) in [5.41, 5.74) is 0.424. The summed E-state index contributed by atoms with van der Waals surface area (Å²) < 4.78 is 37.8. The minimum Gasteiger partial charge on any atom is -0.331 e. The first kappa shape index (κ1) is 15.5. The zero-order chi connectivity index (χ0) is 16.4. The van der Waals surface area contributed by atoms with Crippen molar-refractivity contribution in [1.29, 1.82) is 0 Å². The molecule has 120 valence electrons. The molecule has 1 aliphatic carbocycles. The van der Waals surface area contributed by atoms with Crippen LogP contribution in [-0.2, 0) is 12.7 Å². The van der Waals surface area contributed by atoms with Crippen molar-refractivity contribution >= 4 is 5.91 Å². The highest BCUT2D eigenvalue weighted by molar-refractivity contribution is 5.94. The van der Waals surface area contributed by atoms with Gasteiger partial charge in [-0.1, -0.05) is 6.07 Å². The number of halogens is 3. The van der Waals surface area contributed by atoms with Crippen LogP contribution < -0.4 is 0 Å². The number of hydrogen-bond donors (Lipinski definition) is 0. The van der Waals surface area contributed by atoms with E-state index in [1.807, 2.05) is 6.07 Å². The number of pyridine rings is 1. The Kier molecular flexibility index (Phi) is 4.07. The topological polar surface area (TPSA) is 33.2 Å². The van der Waals surface area contributed by atoms with Crippen LogP contribution >= 0.6 is 0 Å². The van der Waals surface area contributed by atoms with Gasteiger partial charge >= 0.3 is 6.18 Å². The molecule has 3 nitrogen and oxygen atoms in total. The van der Waals surface area contributed by atoms with Gasteiger partial charge in [-0.05, 0) is 48.7 Å². The van der Waals surface area contributed by atoms with Gasteiger partial charge in [0.2, 0.25) is 0 Å². The maximum absolute atomic E-state index is 12.6. The van der Waals surface area contributed by atoms with Crippen molar-refractivity contribution in [1.82, 2.24) is 9.88 Å². The third kappa shape index (κ3) is 3.70. The second-order valence-electron chi connectivity index (χ2n) is 5.60. The molecule has 2 aromatic rings. The first-order chi connectivity index (χ1) is 10.9. The Hall–Kier alpha value is -2.37. The van der Waals surface area contributed by atoms with Gasteiger partial charge in [0.25, 0.3) is 5.91 Å². The zero-order valence-corrected chi connectivity index (χ0v) is 12.3. The summed E-state index contributed by atoms with van der Waals surface area (Å²) >= 11 is 0. The molecule has 0 saturated heterocycles. The van der Waals surface area contributed by atoms with E-state index in [9.17, 15) is 18.0 Å². The van der Waals surface area contributed by atoms with Crippen LogP contribution in [0.25, 0.3) is 0 Å². The highest BCUT2D eigenvalue weighted by Gasteiger charge is 2.34. The van der Waals surface area contributed by atoms with Gasteiger partial charge in [-0.25, -0.2) is 0 Å².